The highest BCUT2D eigenvalue weighted by Gasteiger charge is 2.29. The van der Waals surface area contributed by atoms with Gasteiger partial charge in [0.25, 0.3) is 5.91 Å². The molecule has 1 amide bonds. The van der Waals surface area contributed by atoms with Crippen molar-refractivity contribution in [1.29, 1.82) is 0 Å². The fourth-order valence-electron chi connectivity index (χ4n) is 3.17. The van der Waals surface area contributed by atoms with E-state index in [0.717, 1.165) is 5.69 Å². The molecule has 146 valence electrons. The Morgan fingerprint density at radius 2 is 2.07 bits per heavy atom. The van der Waals surface area contributed by atoms with Crippen molar-refractivity contribution in [2.24, 2.45) is 0 Å². The number of nitrogens with zero attached hydrogens (tertiary/aromatic N) is 2. The van der Waals surface area contributed by atoms with E-state index in [9.17, 15) is 18.0 Å². The minimum atomic E-state index is -3.09. The lowest BCUT2D eigenvalue weighted by molar-refractivity contribution is -0.124. The third kappa shape index (κ3) is 4.21. The average molecular weight is 395 g/mol. The van der Waals surface area contributed by atoms with Gasteiger partial charge in [-0.05, 0) is 33.3 Å². The SMILES string of the molecule is Cc1cc(-n2c(C)cc(C(=O)OCC(=O)N[C@@H]3CCS(=O)(=O)C3)c2C)no1. The highest BCUT2D eigenvalue weighted by Crippen LogP contribution is 2.21. The zero-order valence-electron chi connectivity index (χ0n) is 15.3. The smallest absolute Gasteiger partial charge is 0.340 e. The molecule has 27 heavy (non-hydrogen) atoms. The molecule has 2 aromatic heterocycles. The van der Waals surface area contributed by atoms with E-state index in [-0.39, 0.29) is 11.5 Å². The number of hydrogen-bond donors (Lipinski definition) is 1. The molecule has 0 bridgehead atoms. The molecule has 1 atom stereocenters. The van der Waals surface area contributed by atoms with E-state index in [4.69, 9.17) is 9.26 Å². The van der Waals surface area contributed by atoms with E-state index in [0.29, 0.717) is 29.3 Å². The number of hydrogen-bond acceptors (Lipinski definition) is 7. The molecule has 0 aromatic carbocycles. The fourth-order valence-corrected chi connectivity index (χ4v) is 4.84. The molecule has 0 unspecified atom stereocenters. The van der Waals surface area contributed by atoms with Crippen LogP contribution in [0.5, 0.6) is 0 Å². The van der Waals surface area contributed by atoms with Gasteiger partial charge in [-0.1, -0.05) is 5.16 Å². The molecule has 0 spiro atoms. The topological polar surface area (TPSA) is 120 Å². The molecule has 9 nitrogen and oxygen atoms in total. The van der Waals surface area contributed by atoms with E-state index in [1.807, 2.05) is 6.92 Å². The van der Waals surface area contributed by atoms with Crippen LogP contribution in [0.1, 0.15) is 33.9 Å². The number of nitrogens with one attached hydrogen (secondary N) is 1. The summed E-state index contributed by atoms with van der Waals surface area (Å²) in [6.07, 6.45) is 0.375. The second kappa shape index (κ2) is 7.18. The van der Waals surface area contributed by atoms with Gasteiger partial charge in [0.1, 0.15) is 5.76 Å². The molecule has 2 aromatic rings. The summed E-state index contributed by atoms with van der Waals surface area (Å²) in [6.45, 7) is 4.87. The molecule has 3 heterocycles. The number of aromatic nitrogens is 2. The standard InChI is InChI=1S/C17H21N3O6S/c1-10-6-14(12(3)20(10)15-7-11(2)26-19-15)17(22)25-8-16(21)18-13-4-5-27(23,24)9-13/h6-7,13H,4-5,8-9H2,1-3H3,(H,18,21)/t13-/m1/s1. The molecule has 0 saturated carbocycles. The van der Waals surface area contributed by atoms with Crippen LogP contribution in [0.4, 0.5) is 0 Å². The quantitative estimate of drug-likeness (QED) is 0.745. The van der Waals surface area contributed by atoms with Crippen molar-refractivity contribution < 1.29 is 27.3 Å². The van der Waals surface area contributed by atoms with E-state index < -0.39 is 34.4 Å². The van der Waals surface area contributed by atoms with Crippen molar-refractivity contribution in [2.75, 3.05) is 18.1 Å². The predicted octanol–water partition coefficient (Wildman–Crippen LogP) is 0.851. The molecule has 1 N–H and O–H groups in total. The van der Waals surface area contributed by atoms with Crippen molar-refractivity contribution in [3.05, 3.63) is 34.8 Å². The summed E-state index contributed by atoms with van der Waals surface area (Å²) < 4.78 is 34.7. The van der Waals surface area contributed by atoms with Crippen LogP contribution < -0.4 is 5.32 Å². The fraction of sp³-hybridized carbons (Fsp3) is 0.471. The number of esters is 1. The van der Waals surface area contributed by atoms with Gasteiger partial charge >= 0.3 is 5.97 Å². The summed E-state index contributed by atoms with van der Waals surface area (Å²) in [5.41, 5.74) is 1.71. The summed E-state index contributed by atoms with van der Waals surface area (Å²) in [6, 6.07) is 2.98. The van der Waals surface area contributed by atoms with Crippen molar-refractivity contribution in [3.63, 3.8) is 0 Å². The number of carbonyl (C=O) groups is 2. The van der Waals surface area contributed by atoms with Crippen LogP contribution in [-0.4, -0.2) is 54.2 Å². The first-order valence-corrected chi connectivity index (χ1v) is 10.3. The molecular formula is C17H21N3O6S. The molecule has 0 radical (unpaired) electrons. The highest BCUT2D eigenvalue weighted by molar-refractivity contribution is 7.91. The van der Waals surface area contributed by atoms with Gasteiger partial charge in [-0.25, -0.2) is 13.2 Å². The summed E-state index contributed by atoms with van der Waals surface area (Å²) in [7, 11) is -3.09. The summed E-state index contributed by atoms with van der Waals surface area (Å²) in [5.74, 6) is 0.0278. The minimum absolute atomic E-state index is 0.0608. The van der Waals surface area contributed by atoms with Crippen LogP contribution in [0.15, 0.2) is 16.7 Å². The minimum Gasteiger partial charge on any atom is -0.452 e. The van der Waals surface area contributed by atoms with Gasteiger partial charge in [0.15, 0.2) is 22.3 Å². The van der Waals surface area contributed by atoms with Crippen molar-refractivity contribution in [1.82, 2.24) is 15.0 Å². The molecule has 1 aliphatic rings. The van der Waals surface area contributed by atoms with E-state index in [1.165, 1.54) is 0 Å². The Labute approximate surface area is 156 Å². The Morgan fingerprint density at radius 1 is 1.33 bits per heavy atom. The Kier molecular flexibility index (Phi) is 5.09. The van der Waals surface area contributed by atoms with Crippen molar-refractivity contribution in [2.45, 2.75) is 33.2 Å². The number of sulfone groups is 1. The van der Waals surface area contributed by atoms with Gasteiger partial charge in [-0.3, -0.25) is 9.36 Å². The normalized spacial score (nSPS) is 18.4. The lowest BCUT2D eigenvalue weighted by atomic mass is 10.2. The van der Waals surface area contributed by atoms with Crippen molar-refractivity contribution >= 4 is 21.7 Å². The van der Waals surface area contributed by atoms with Crippen LogP contribution in [0.25, 0.3) is 5.82 Å². The molecular weight excluding hydrogens is 374 g/mol. The lowest BCUT2D eigenvalue weighted by Gasteiger charge is -2.11. The third-order valence-electron chi connectivity index (χ3n) is 4.43. The average Bonchev–Trinajstić information content (AvgIpc) is 3.23. The number of ether oxygens (including phenoxy) is 1. The van der Waals surface area contributed by atoms with Crippen LogP contribution in [0.3, 0.4) is 0 Å². The van der Waals surface area contributed by atoms with Crippen molar-refractivity contribution in [3.8, 4) is 5.82 Å². The first-order chi connectivity index (χ1) is 12.7. The lowest BCUT2D eigenvalue weighted by Crippen LogP contribution is -2.38. The molecule has 0 aliphatic carbocycles. The van der Waals surface area contributed by atoms with Gasteiger partial charge in [0.05, 0.1) is 17.1 Å². The Morgan fingerprint density at radius 3 is 2.67 bits per heavy atom. The zero-order valence-corrected chi connectivity index (χ0v) is 16.1. The Balaban J connectivity index is 1.62. The van der Waals surface area contributed by atoms with Gasteiger partial charge in [0, 0.05) is 23.5 Å². The van der Waals surface area contributed by atoms with Crippen LogP contribution >= 0.6 is 0 Å². The van der Waals surface area contributed by atoms with Gasteiger partial charge in [-0.15, -0.1) is 0 Å². The van der Waals surface area contributed by atoms with E-state index in [1.54, 1.807) is 30.5 Å². The number of rotatable bonds is 5. The summed E-state index contributed by atoms with van der Waals surface area (Å²) in [5, 5.41) is 6.52. The maximum atomic E-state index is 12.4. The second-order valence-electron chi connectivity index (χ2n) is 6.66. The maximum absolute atomic E-state index is 12.4. The molecule has 1 fully saturated rings. The number of carbonyl (C=O) groups excluding carboxylic acids is 2. The molecule has 10 heteroatoms. The van der Waals surface area contributed by atoms with E-state index in [2.05, 4.69) is 10.5 Å². The first-order valence-electron chi connectivity index (χ1n) is 8.46. The number of amides is 1. The maximum Gasteiger partial charge on any atom is 0.340 e. The molecule has 1 saturated heterocycles. The zero-order chi connectivity index (χ0) is 19.8. The Hall–Kier alpha value is -2.62. The third-order valence-corrected chi connectivity index (χ3v) is 6.20. The second-order valence-corrected chi connectivity index (χ2v) is 8.89. The molecule has 1 aliphatic heterocycles. The highest BCUT2D eigenvalue weighted by atomic mass is 32.2. The van der Waals surface area contributed by atoms with E-state index >= 15 is 0 Å². The summed E-state index contributed by atoms with van der Waals surface area (Å²) in [4.78, 5) is 24.3. The first kappa shape index (κ1) is 19.2. The van der Waals surface area contributed by atoms with Gasteiger partial charge < -0.3 is 14.6 Å². The van der Waals surface area contributed by atoms with Crippen LogP contribution in [-0.2, 0) is 19.4 Å². The van der Waals surface area contributed by atoms with Crippen LogP contribution in [0.2, 0.25) is 0 Å². The monoisotopic (exact) mass is 395 g/mol. The van der Waals surface area contributed by atoms with Crippen LogP contribution in [0, 0.1) is 20.8 Å². The predicted molar refractivity (Wildman–Crippen MR) is 95.5 cm³/mol. The number of aryl methyl sites for hydroxylation is 2. The largest absolute Gasteiger partial charge is 0.452 e. The van der Waals surface area contributed by atoms with Gasteiger partial charge in [0.2, 0.25) is 0 Å². The molecule has 3 rings (SSSR count). The Bertz CT molecular complexity index is 988. The van der Waals surface area contributed by atoms with Gasteiger partial charge in [-0.2, -0.15) is 0 Å². The summed E-state index contributed by atoms with van der Waals surface area (Å²) >= 11 is 0.